The first-order chi connectivity index (χ1) is 3.81. The fraction of sp³-hybridized carbons (Fsp3) is 0.667. The van der Waals surface area contributed by atoms with E-state index >= 15 is 0 Å². The summed E-state index contributed by atoms with van der Waals surface area (Å²) in [5.41, 5.74) is 0. The molecule has 0 saturated carbocycles. The molecule has 0 bridgehead atoms. The van der Waals surface area contributed by atoms with Gasteiger partial charge in [0.25, 0.3) is 0 Å². The third-order valence-corrected chi connectivity index (χ3v) is 2.53. The second-order valence-corrected chi connectivity index (χ2v) is 3.55. The van der Waals surface area contributed by atoms with Gasteiger partial charge in [-0.1, -0.05) is 13.0 Å². The highest BCUT2D eigenvalue weighted by molar-refractivity contribution is 8.12. The summed E-state index contributed by atoms with van der Waals surface area (Å²) in [5, 5.41) is 2.07. The summed E-state index contributed by atoms with van der Waals surface area (Å²) in [4.78, 5) is 0. The maximum absolute atomic E-state index is 4.28. The number of thioether (sulfide) groups is 1. The Bertz CT molecular complexity index is 68.9. The lowest BCUT2D eigenvalue weighted by Crippen LogP contribution is -1.83. The second kappa shape index (κ2) is 5.57. The monoisotopic (exact) mass is 148 g/mol. The van der Waals surface area contributed by atoms with E-state index in [9.17, 15) is 0 Å². The van der Waals surface area contributed by atoms with Crippen LogP contribution in [0.25, 0.3) is 0 Å². The summed E-state index contributed by atoms with van der Waals surface area (Å²) >= 11 is 6.04. The molecule has 2 heteroatoms. The summed E-state index contributed by atoms with van der Waals surface area (Å²) in [6.07, 6.45) is 3.15. The molecule has 0 aliphatic rings. The molecule has 0 N–H and O–H groups in total. The van der Waals surface area contributed by atoms with Gasteiger partial charge < -0.3 is 0 Å². The Labute approximate surface area is 61.2 Å². The van der Waals surface area contributed by atoms with Crippen molar-refractivity contribution in [2.24, 2.45) is 0 Å². The molecule has 0 aromatic rings. The molecule has 0 amide bonds. The lowest BCUT2D eigenvalue weighted by atomic mass is 10.6. The van der Waals surface area contributed by atoms with Gasteiger partial charge in [0.15, 0.2) is 0 Å². The maximum atomic E-state index is 4.28. The van der Waals surface area contributed by atoms with Crippen molar-refractivity contribution in [3.63, 3.8) is 0 Å². The van der Waals surface area contributed by atoms with E-state index in [0.29, 0.717) is 4.58 Å². The topological polar surface area (TPSA) is 0 Å². The molecule has 0 aliphatic heterocycles. The molecule has 0 radical (unpaired) electrons. The molecule has 1 unspecified atom stereocenters. The van der Waals surface area contributed by atoms with Crippen LogP contribution in [0.4, 0.5) is 0 Å². The lowest BCUT2D eigenvalue weighted by molar-refractivity contribution is 1.07. The predicted octanol–water partition coefficient (Wildman–Crippen LogP) is 2.92. The minimum atomic E-state index is 0.478. The van der Waals surface area contributed by atoms with E-state index in [-0.39, 0.29) is 0 Å². The quantitative estimate of drug-likeness (QED) is 0.474. The molecule has 0 rings (SSSR count). The first kappa shape index (κ1) is 8.44. The fourth-order valence-corrected chi connectivity index (χ4v) is 1.01. The Hall–Kier alpha value is 0.440. The van der Waals surface area contributed by atoms with E-state index in [1.807, 2.05) is 13.0 Å². The van der Waals surface area contributed by atoms with Gasteiger partial charge in [-0.05, 0) is 18.8 Å². The van der Waals surface area contributed by atoms with Gasteiger partial charge >= 0.3 is 0 Å². The van der Waals surface area contributed by atoms with Crippen molar-refractivity contribution < 1.29 is 0 Å². The molecule has 0 aliphatic carbocycles. The SMILES string of the molecule is C/C=C\SC(S)CC. The molecule has 0 fully saturated rings. The van der Waals surface area contributed by atoms with Crippen LogP contribution in [0.5, 0.6) is 0 Å². The van der Waals surface area contributed by atoms with Gasteiger partial charge in [-0.3, -0.25) is 0 Å². The van der Waals surface area contributed by atoms with Crippen LogP contribution in [-0.4, -0.2) is 4.58 Å². The van der Waals surface area contributed by atoms with Crippen molar-refractivity contribution >= 4 is 24.4 Å². The van der Waals surface area contributed by atoms with Crippen LogP contribution in [0, 0.1) is 0 Å². The van der Waals surface area contributed by atoms with Crippen molar-refractivity contribution in [1.29, 1.82) is 0 Å². The predicted molar refractivity (Wildman–Crippen MR) is 45.5 cm³/mol. The summed E-state index contributed by atoms with van der Waals surface area (Å²) in [5.74, 6) is 0. The Morgan fingerprint density at radius 3 is 2.75 bits per heavy atom. The van der Waals surface area contributed by atoms with Gasteiger partial charge in [-0.15, -0.1) is 11.8 Å². The molecule has 0 aromatic heterocycles. The third-order valence-electron chi connectivity index (χ3n) is 0.721. The Morgan fingerprint density at radius 1 is 1.75 bits per heavy atom. The summed E-state index contributed by atoms with van der Waals surface area (Å²) in [7, 11) is 0. The van der Waals surface area contributed by atoms with Crippen LogP contribution < -0.4 is 0 Å². The van der Waals surface area contributed by atoms with Gasteiger partial charge in [0, 0.05) is 0 Å². The van der Waals surface area contributed by atoms with Crippen molar-refractivity contribution in [3.05, 3.63) is 11.5 Å². The molecule has 0 aromatic carbocycles. The minimum Gasteiger partial charge on any atom is -0.165 e. The maximum Gasteiger partial charge on any atom is 0.0510 e. The molecular weight excluding hydrogens is 136 g/mol. The van der Waals surface area contributed by atoms with Crippen molar-refractivity contribution in [1.82, 2.24) is 0 Å². The number of hydrogen-bond acceptors (Lipinski definition) is 2. The molecular formula is C6H12S2. The lowest BCUT2D eigenvalue weighted by Gasteiger charge is -1.99. The second-order valence-electron chi connectivity index (χ2n) is 1.47. The normalized spacial score (nSPS) is 14.9. The van der Waals surface area contributed by atoms with E-state index < -0.39 is 0 Å². The van der Waals surface area contributed by atoms with Crippen LogP contribution in [0.3, 0.4) is 0 Å². The largest absolute Gasteiger partial charge is 0.165 e. The zero-order valence-corrected chi connectivity index (χ0v) is 7.01. The molecule has 8 heavy (non-hydrogen) atoms. The van der Waals surface area contributed by atoms with E-state index in [0.717, 1.165) is 6.42 Å². The molecule has 0 heterocycles. The van der Waals surface area contributed by atoms with Crippen LogP contribution in [-0.2, 0) is 0 Å². The van der Waals surface area contributed by atoms with Crippen LogP contribution in [0.1, 0.15) is 20.3 Å². The number of thiol groups is 1. The highest BCUT2D eigenvalue weighted by atomic mass is 32.2. The van der Waals surface area contributed by atoms with Crippen LogP contribution in [0.15, 0.2) is 11.5 Å². The number of rotatable bonds is 3. The van der Waals surface area contributed by atoms with Gasteiger partial charge in [0.2, 0.25) is 0 Å². The third kappa shape index (κ3) is 4.60. The van der Waals surface area contributed by atoms with Crippen LogP contribution in [0.2, 0.25) is 0 Å². The Balaban J connectivity index is 3.10. The Morgan fingerprint density at radius 2 is 2.38 bits per heavy atom. The standard InChI is InChI=1S/C6H12S2/c1-3-5-8-6(7)4-2/h3,5-7H,4H2,1-2H3/b5-3-. The zero-order chi connectivity index (χ0) is 6.41. The number of allylic oxidation sites excluding steroid dienone is 1. The van der Waals surface area contributed by atoms with Gasteiger partial charge in [0.1, 0.15) is 0 Å². The smallest absolute Gasteiger partial charge is 0.0510 e. The van der Waals surface area contributed by atoms with E-state index in [4.69, 9.17) is 0 Å². The van der Waals surface area contributed by atoms with E-state index in [1.165, 1.54) is 0 Å². The zero-order valence-electron chi connectivity index (χ0n) is 5.29. The van der Waals surface area contributed by atoms with Crippen molar-refractivity contribution in [3.8, 4) is 0 Å². The van der Waals surface area contributed by atoms with Crippen molar-refractivity contribution in [2.75, 3.05) is 0 Å². The number of hydrogen-bond donors (Lipinski definition) is 1. The average Bonchev–Trinajstić information content (AvgIpc) is 1.83. The van der Waals surface area contributed by atoms with E-state index in [1.54, 1.807) is 11.8 Å². The van der Waals surface area contributed by atoms with Gasteiger partial charge in [0.05, 0.1) is 4.58 Å². The molecule has 0 saturated heterocycles. The van der Waals surface area contributed by atoms with Gasteiger partial charge in [-0.2, -0.15) is 12.6 Å². The minimum absolute atomic E-state index is 0.478. The fourth-order valence-electron chi connectivity index (χ4n) is 0.265. The Kier molecular flexibility index (Phi) is 5.88. The van der Waals surface area contributed by atoms with Crippen molar-refractivity contribution in [2.45, 2.75) is 24.9 Å². The summed E-state index contributed by atoms with van der Waals surface area (Å²) < 4.78 is 0.478. The average molecular weight is 148 g/mol. The first-order valence-electron chi connectivity index (χ1n) is 2.76. The molecule has 48 valence electrons. The highest BCUT2D eigenvalue weighted by Gasteiger charge is 1.92. The first-order valence-corrected chi connectivity index (χ1v) is 4.21. The summed E-state index contributed by atoms with van der Waals surface area (Å²) in [6.45, 7) is 4.15. The highest BCUT2D eigenvalue weighted by Crippen LogP contribution is 2.18. The van der Waals surface area contributed by atoms with Crippen LogP contribution >= 0.6 is 24.4 Å². The molecule has 0 nitrogen and oxygen atoms in total. The molecule has 1 atom stereocenters. The van der Waals surface area contributed by atoms with E-state index in [2.05, 4.69) is 25.0 Å². The summed E-state index contributed by atoms with van der Waals surface area (Å²) in [6, 6.07) is 0. The molecule has 0 spiro atoms. The van der Waals surface area contributed by atoms with Gasteiger partial charge in [-0.25, -0.2) is 0 Å².